The lowest BCUT2D eigenvalue weighted by Crippen LogP contribution is -2.16. The van der Waals surface area contributed by atoms with E-state index in [2.05, 4.69) is 32.6 Å². The minimum Gasteiger partial charge on any atom is -0.469 e. The Balaban J connectivity index is 2.64. The Morgan fingerprint density at radius 2 is 2.06 bits per heavy atom. The molecule has 1 rings (SSSR count). The van der Waals surface area contributed by atoms with Gasteiger partial charge >= 0.3 is 5.97 Å². The highest BCUT2D eigenvalue weighted by molar-refractivity contribution is 9.11. The molecule has 1 aromatic carbocycles. The molecule has 92 valence electrons. The van der Waals surface area contributed by atoms with Crippen molar-refractivity contribution in [2.45, 2.75) is 13.0 Å². The first-order chi connectivity index (χ1) is 8.13. The second-order valence-corrected chi connectivity index (χ2v) is 4.76. The van der Waals surface area contributed by atoms with Crippen LogP contribution < -0.4 is 5.32 Å². The first-order valence-corrected chi connectivity index (χ1v) is 6.10. The molecule has 3 nitrogen and oxygen atoms in total. The third kappa shape index (κ3) is 5.15. The highest BCUT2D eigenvalue weighted by Gasteiger charge is 2.07. The molecule has 0 amide bonds. The van der Waals surface area contributed by atoms with Crippen LogP contribution in [0, 0.1) is 0 Å². The highest BCUT2D eigenvalue weighted by Crippen LogP contribution is 2.10. The van der Waals surface area contributed by atoms with Gasteiger partial charge in [0.25, 0.3) is 0 Å². The Morgan fingerprint density at radius 3 is 2.65 bits per heavy atom. The Hall–Kier alpha value is -1.13. The maximum atomic E-state index is 11.3. The normalized spacial score (nSPS) is 10.0. The molecule has 0 aliphatic rings. The number of carbonyl (C=O) groups is 1. The van der Waals surface area contributed by atoms with Crippen molar-refractivity contribution in [1.29, 1.82) is 0 Å². The monoisotopic (exact) mass is 297 g/mol. The SMILES string of the molecule is C=C(Br)CNCc1ccccc1CC(=O)OC. The fourth-order valence-electron chi connectivity index (χ4n) is 1.46. The summed E-state index contributed by atoms with van der Waals surface area (Å²) in [5.41, 5.74) is 2.10. The first-order valence-electron chi connectivity index (χ1n) is 5.31. The molecule has 1 aromatic rings. The van der Waals surface area contributed by atoms with Crippen molar-refractivity contribution in [3.05, 3.63) is 46.5 Å². The van der Waals surface area contributed by atoms with Crippen LogP contribution in [-0.4, -0.2) is 19.6 Å². The molecule has 0 atom stereocenters. The number of hydrogen-bond acceptors (Lipinski definition) is 3. The summed E-state index contributed by atoms with van der Waals surface area (Å²) in [5.74, 6) is -0.220. The summed E-state index contributed by atoms with van der Waals surface area (Å²) in [6, 6.07) is 7.82. The van der Waals surface area contributed by atoms with Crippen molar-refractivity contribution >= 4 is 21.9 Å². The molecule has 0 aliphatic heterocycles. The number of ether oxygens (including phenoxy) is 1. The zero-order chi connectivity index (χ0) is 12.7. The van der Waals surface area contributed by atoms with E-state index in [1.165, 1.54) is 7.11 Å². The zero-order valence-electron chi connectivity index (χ0n) is 9.83. The van der Waals surface area contributed by atoms with Gasteiger partial charge in [0.2, 0.25) is 0 Å². The first kappa shape index (κ1) is 13.9. The van der Waals surface area contributed by atoms with E-state index < -0.39 is 0 Å². The number of halogens is 1. The van der Waals surface area contributed by atoms with Crippen LogP contribution >= 0.6 is 15.9 Å². The molecule has 4 heteroatoms. The molecule has 0 fully saturated rings. The fourth-order valence-corrected chi connectivity index (χ4v) is 1.66. The van der Waals surface area contributed by atoms with Gasteiger partial charge < -0.3 is 10.1 Å². The van der Waals surface area contributed by atoms with E-state index in [-0.39, 0.29) is 5.97 Å². The van der Waals surface area contributed by atoms with Crippen LogP contribution in [0.1, 0.15) is 11.1 Å². The summed E-state index contributed by atoms with van der Waals surface area (Å²) in [4.78, 5) is 11.3. The summed E-state index contributed by atoms with van der Waals surface area (Å²) < 4.78 is 5.58. The van der Waals surface area contributed by atoms with E-state index in [0.29, 0.717) is 19.5 Å². The number of hydrogen-bond donors (Lipinski definition) is 1. The van der Waals surface area contributed by atoms with Gasteiger partial charge in [0.15, 0.2) is 0 Å². The van der Waals surface area contributed by atoms with Crippen molar-refractivity contribution in [2.24, 2.45) is 0 Å². The average molecular weight is 298 g/mol. The number of carbonyl (C=O) groups excluding carboxylic acids is 1. The minimum atomic E-state index is -0.220. The number of esters is 1. The van der Waals surface area contributed by atoms with E-state index in [1.807, 2.05) is 24.3 Å². The van der Waals surface area contributed by atoms with Crippen molar-refractivity contribution < 1.29 is 9.53 Å². The third-order valence-corrected chi connectivity index (χ3v) is 2.59. The summed E-state index contributed by atoms with van der Waals surface area (Å²) in [6.45, 7) is 5.16. The molecule has 17 heavy (non-hydrogen) atoms. The number of nitrogens with one attached hydrogen (secondary N) is 1. The molecule has 0 aromatic heterocycles. The van der Waals surface area contributed by atoms with Crippen LogP contribution in [0.4, 0.5) is 0 Å². The van der Waals surface area contributed by atoms with E-state index in [4.69, 9.17) is 0 Å². The molecule has 0 heterocycles. The Labute approximate surface area is 110 Å². The minimum absolute atomic E-state index is 0.220. The Kier molecular flexibility index (Phi) is 5.94. The molecule has 1 N–H and O–H groups in total. The lowest BCUT2D eigenvalue weighted by molar-refractivity contribution is -0.139. The van der Waals surface area contributed by atoms with Crippen LogP contribution in [-0.2, 0) is 22.5 Å². The van der Waals surface area contributed by atoms with Gasteiger partial charge in [-0.3, -0.25) is 4.79 Å². The predicted octanol–water partition coefficient (Wildman–Crippen LogP) is 2.40. The number of methoxy groups -OCH3 is 1. The number of benzene rings is 1. The molecule has 0 aliphatic carbocycles. The summed E-state index contributed by atoms with van der Waals surface area (Å²) in [7, 11) is 1.40. The molecular formula is C13H16BrNO2. The van der Waals surface area contributed by atoms with Crippen LogP contribution in [0.2, 0.25) is 0 Å². The van der Waals surface area contributed by atoms with E-state index >= 15 is 0 Å². The molecule has 0 bridgehead atoms. The van der Waals surface area contributed by atoms with E-state index in [9.17, 15) is 4.79 Å². The fraction of sp³-hybridized carbons (Fsp3) is 0.308. The average Bonchev–Trinajstić information content (AvgIpc) is 2.30. The van der Waals surface area contributed by atoms with Gasteiger partial charge in [0.1, 0.15) is 0 Å². The number of rotatable bonds is 6. The van der Waals surface area contributed by atoms with Crippen LogP contribution in [0.25, 0.3) is 0 Å². The Bertz CT molecular complexity index is 404. The van der Waals surface area contributed by atoms with E-state index in [0.717, 1.165) is 15.6 Å². The maximum absolute atomic E-state index is 11.3. The van der Waals surface area contributed by atoms with Crippen molar-refractivity contribution in [1.82, 2.24) is 5.32 Å². The van der Waals surface area contributed by atoms with Gasteiger partial charge in [-0.1, -0.05) is 46.8 Å². The zero-order valence-corrected chi connectivity index (χ0v) is 11.4. The quantitative estimate of drug-likeness (QED) is 0.820. The smallest absolute Gasteiger partial charge is 0.309 e. The van der Waals surface area contributed by atoms with Crippen LogP contribution in [0.15, 0.2) is 35.3 Å². The molecule has 0 saturated carbocycles. The van der Waals surface area contributed by atoms with Gasteiger partial charge in [-0.05, 0) is 11.1 Å². The highest BCUT2D eigenvalue weighted by atomic mass is 79.9. The van der Waals surface area contributed by atoms with Gasteiger partial charge in [0, 0.05) is 17.6 Å². The van der Waals surface area contributed by atoms with Crippen LogP contribution in [0.5, 0.6) is 0 Å². The summed E-state index contributed by atoms with van der Waals surface area (Å²) in [5, 5.41) is 3.23. The molecular weight excluding hydrogens is 282 g/mol. The molecule has 0 unspecified atom stereocenters. The van der Waals surface area contributed by atoms with Crippen LogP contribution in [0.3, 0.4) is 0 Å². The Morgan fingerprint density at radius 1 is 1.41 bits per heavy atom. The third-order valence-electron chi connectivity index (χ3n) is 2.31. The topological polar surface area (TPSA) is 38.3 Å². The van der Waals surface area contributed by atoms with Crippen molar-refractivity contribution in [2.75, 3.05) is 13.7 Å². The van der Waals surface area contributed by atoms with Crippen molar-refractivity contribution in [3.8, 4) is 0 Å². The summed E-state index contributed by atoms with van der Waals surface area (Å²) in [6.07, 6.45) is 0.309. The molecule has 0 radical (unpaired) electrons. The van der Waals surface area contributed by atoms with Crippen molar-refractivity contribution in [3.63, 3.8) is 0 Å². The van der Waals surface area contributed by atoms with Gasteiger partial charge in [-0.15, -0.1) is 0 Å². The standard InChI is InChI=1S/C13H16BrNO2/c1-10(14)8-15-9-12-6-4-3-5-11(12)7-13(16)17-2/h3-6,15H,1,7-9H2,2H3. The maximum Gasteiger partial charge on any atom is 0.309 e. The lowest BCUT2D eigenvalue weighted by Gasteiger charge is -2.09. The van der Waals surface area contributed by atoms with E-state index in [1.54, 1.807) is 0 Å². The largest absolute Gasteiger partial charge is 0.469 e. The van der Waals surface area contributed by atoms with Gasteiger partial charge in [0.05, 0.1) is 13.5 Å². The lowest BCUT2D eigenvalue weighted by atomic mass is 10.0. The molecule has 0 spiro atoms. The second kappa shape index (κ2) is 7.25. The second-order valence-electron chi connectivity index (χ2n) is 3.64. The molecule has 0 saturated heterocycles. The predicted molar refractivity (Wildman–Crippen MR) is 71.9 cm³/mol. The summed E-state index contributed by atoms with van der Waals surface area (Å²) >= 11 is 3.29. The van der Waals surface area contributed by atoms with Gasteiger partial charge in [-0.2, -0.15) is 0 Å². The van der Waals surface area contributed by atoms with Gasteiger partial charge in [-0.25, -0.2) is 0 Å².